The van der Waals surface area contributed by atoms with E-state index in [0.29, 0.717) is 6.54 Å². The minimum atomic E-state index is -0.393. The van der Waals surface area contributed by atoms with Gasteiger partial charge in [0.15, 0.2) is 0 Å². The Balaban J connectivity index is 1.43. The van der Waals surface area contributed by atoms with Crippen LogP contribution >= 0.6 is 0 Å². The summed E-state index contributed by atoms with van der Waals surface area (Å²) in [5, 5.41) is 6.14. The molecule has 0 saturated carbocycles. The molecule has 132 valence electrons. The second kappa shape index (κ2) is 7.92. The molecule has 1 atom stereocenters. The molecule has 2 N–H and O–H groups in total. The molecule has 0 spiro atoms. The van der Waals surface area contributed by atoms with Crippen LogP contribution in [0.1, 0.15) is 25.0 Å². The summed E-state index contributed by atoms with van der Waals surface area (Å²) in [5.41, 5.74) is 3.33. The highest BCUT2D eigenvalue weighted by Crippen LogP contribution is 2.28. The van der Waals surface area contributed by atoms with E-state index in [9.17, 15) is 4.79 Å². The molecule has 0 bridgehead atoms. The van der Waals surface area contributed by atoms with Gasteiger partial charge in [-0.3, -0.25) is 0 Å². The zero-order valence-electron chi connectivity index (χ0n) is 14.6. The first-order valence-electron chi connectivity index (χ1n) is 8.62. The van der Waals surface area contributed by atoms with Crippen LogP contribution in [0.25, 0.3) is 0 Å². The van der Waals surface area contributed by atoms with Crippen molar-refractivity contribution in [3.05, 3.63) is 59.7 Å². The van der Waals surface area contributed by atoms with E-state index in [4.69, 9.17) is 9.47 Å². The third kappa shape index (κ3) is 4.89. The monoisotopic (exact) mass is 340 g/mol. The number of amides is 1. The molecule has 1 amide bonds. The van der Waals surface area contributed by atoms with E-state index in [0.717, 1.165) is 30.0 Å². The molecule has 0 aromatic heterocycles. The predicted octanol–water partition coefficient (Wildman–Crippen LogP) is 3.74. The van der Waals surface area contributed by atoms with Gasteiger partial charge in [0.1, 0.15) is 11.9 Å². The molecule has 1 aliphatic rings. The summed E-state index contributed by atoms with van der Waals surface area (Å²) in [6.45, 7) is 4.86. The highest BCUT2D eigenvalue weighted by Gasteiger charge is 2.21. The van der Waals surface area contributed by atoms with E-state index in [2.05, 4.69) is 16.7 Å². The first-order valence-corrected chi connectivity index (χ1v) is 8.62. The number of rotatable bonds is 6. The molecule has 0 radical (unpaired) electrons. The number of ether oxygens (including phenoxy) is 2. The quantitative estimate of drug-likeness (QED) is 0.841. The Morgan fingerprint density at radius 2 is 1.96 bits per heavy atom. The largest absolute Gasteiger partial charge is 0.488 e. The van der Waals surface area contributed by atoms with Crippen molar-refractivity contribution in [2.45, 2.75) is 39.0 Å². The number of hydrogen-bond acceptors (Lipinski definition) is 4. The van der Waals surface area contributed by atoms with Crippen molar-refractivity contribution in [1.29, 1.82) is 0 Å². The Morgan fingerprint density at radius 1 is 1.20 bits per heavy atom. The van der Waals surface area contributed by atoms with E-state index in [1.165, 1.54) is 5.56 Å². The van der Waals surface area contributed by atoms with Crippen LogP contribution in [-0.2, 0) is 17.7 Å². The molecule has 1 aliphatic heterocycles. The molecule has 0 fully saturated rings. The number of hydrogen-bond donors (Lipinski definition) is 2. The normalized spacial score (nSPS) is 15.4. The standard InChI is InChI=1S/C20H24N2O3/c1-14(2)24-20(23)22-12-15-7-9-17(10-8-15)21-13-18-11-16-5-3-4-6-19(16)25-18/h3-10,14,18,21H,11-13H2,1-2H3,(H,22,23)/t18-/m0/s1. The predicted molar refractivity (Wildman–Crippen MR) is 98.0 cm³/mol. The van der Waals surface area contributed by atoms with Gasteiger partial charge in [-0.1, -0.05) is 30.3 Å². The first kappa shape index (κ1) is 17.1. The molecule has 2 aromatic carbocycles. The van der Waals surface area contributed by atoms with Gasteiger partial charge in [0.05, 0.1) is 12.6 Å². The number of para-hydroxylation sites is 1. The van der Waals surface area contributed by atoms with E-state index in [1.807, 2.05) is 56.3 Å². The summed E-state index contributed by atoms with van der Waals surface area (Å²) in [5.74, 6) is 0.990. The number of carbonyl (C=O) groups excluding carboxylic acids is 1. The lowest BCUT2D eigenvalue weighted by Gasteiger charge is -2.13. The second-order valence-electron chi connectivity index (χ2n) is 6.44. The van der Waals surface area contributed by atoms with E-state index in [-0.39, 0.29) is 12.2 Å². The molecular weight excluding hydrogens is 316 g/mol. The topological polar surface area (TPSA) is 59.6 Å². The van der Waals surface area contributed by atoms with Gasteiger partial charge >= 0.3 is 6.09 Å². The number of alkyl carbamates (subject to hydrolysis) is 1. The Hall–Kier alpha value is -2.69. The maximum atomic E-state index is 11.5. The second-order valence-corrected chi connectivity index (χ2v) is 6.44. The molecular formula is C20H24N2O3. The Labute approximate surface area is 148 Å². The van der Waals surface area contributed by atoms with Crippen LogP contribution in [-0.4, -0.2) is 24.8 Å². The Morgan fingerprint density at radius 3 is 2.68 bits per heavy atom. The van der Waals surface area contributed by atoms with Crippen LogP contribution in [0.2, 0.25) is 0 Å². The van der Waals surface area contributed by atoms with E-state index in [1.54, 1.807) is 0 Å². The van der Waals surface area contributed by atoms with Crippen molar-refractivity contribution in [3.8, 4) is 5.75 Å². The molecule has 25 heavy (non-hydrogen) atoms. The van der Waals surface area contributed by atoms with Gasteiger partial charge in [-0.05, 0) is 43.2 Å². The lowest BCUT2D eigenvalue weighted by atomic mass is 10.1. The molecule has 0 unspecified atom stereocenters. The van der Waals surface area contributed by atoms with Crippen molar-refractivity contribution in [2.24, 2.45) is 0 Å². The lowest BCUT2D eigenvalue weighted by molar-refractivity contribution is 0.115. The van der Waals surface area contributed by atoms with Crippen LogP contribution in [0.15, 0.2) is 48.5 Å². The van der Waals surface area contributed by atoms with E-state index >= 15 is 0 Å². The number of fused-ring (bicyclic) bond motifs is 1. The van der Waals surface area contributed by atoms with Crippen LogP contribution in [0.4, 0.5) is 10.5 Å². The van der Waals surface area contributed by atoms with Gasteiger partial charge in [0.2, 0.25) is 0 Å². The molecule has 5 heteroatoms. The number of anilines is 1. The fourth-order valence-electron chi connectivity index (χ4n) is 2.77. The molecule has 5 nitrogen and oxygen atoms in total. The maximum absolute atomic E-state index is 11.5. The lowest BCUT2D eigenvalue weighted by Crippen LogP contribution is -2.26. The van der Waals surface area contributed by atoms with Crippen molar-refractivity contribution in [1.82, 2.24) is 5.32 Å². The molecule has 2 aromatic rings. The summed E-state index contributed by atoms with van der Waals surface area (Å²) in [7, 11) is 0. The minimum Gasteiger partial charge on any atom is -0.488 e. The zero-order chi connectivity index (χ0) is 17.6. The Bertz CT molecular complexity index is 688. The summed E-state index contributed by atoms with van der Waals surface area (Å²) in [6, 6.07) is 16.2. The summed E-state index contributed by atoms with van der Waals surface area (Å²) in [4.78, 5) is 11.5. The number of carbonyl (C=O) groups is 1. The minimum absolute atomic E-state index is 0.115. The number of benzene rings is 2. The van der Waals surface area contributed by atoms with Gasteiger partial charge in [-0.25, -0.2) is 4.79 Å². The number of nitrogens with one attached hydrogen (secondary N) is 2. The average Bonchev–Trinajstić information content (AvgIpc) is 3.01. The van der Waals surface area contributed by atoms with Gasteiger partial charge in [-0.15, -0.1) is 0 Å². The van der Waals surface area contributed by atoms with Gasteiger partial charge in [0, 0.05) is 18.7 Å². The fraction of sp³-hybridized carbons (Fsp3) is 0.350. The zero-order valence-corrected chi connectivity index (χ0v) is 14.6. The Kier molecular flexibility index (Phi) is 5.43. The molecule has 3 rings (SSSR count). The SMILES string of the molecule is CC(C)OC(=O)NCc1ccc(NC[C@@H]2Cc3ccccc3O2)cc1. The van der Waals surface area contributed by atoms with Gasteiger partial charge in [0.25, 0.3) is 0 Å². The maximum Gasteiger partial charge on any atom is 0.407 e. The highest BCUT2D eigenvalue weighted by molar-refractivity contribution is 5.67. The highest BCUT2D eigenvalue weighted by atomic mass is 16.6. The van der Waals surface area contributed by atoms with Crippen LogP contribution < -0.4 is 15.4 Å². The van der Waals surface area contributed by atoms with Gasteiger partial charge in [-0.2, -0.15) is 0 Å². The molecule has 0 saturated heterocycles. The third-order valence-electron chi connectivity index (χ3n) is 3.98. The fourth-order valence-corrected chi connectivity index (χ4v) is 2.77. The van der Waals surface area contributed by atoms with Crippen molar-refractivity contribution in [2.75, 3.05) is 11.9 Å². The van der Waals surface area contributed by atoms with Crippen molar-refractivity contribution in [3.63, 3.8) is 0 Å². The molecule has 1 heterocycles. The molecule has 0 aliphatic carbocycles. The smallest absolute Gasteiger partial charge is 0.407 e. The summed E-state index contributed by atoms with van der Waals surface area (Å²) in [6.07, 6.45) is 0.582. The van der Waals surface area contributed by atoms with Crippen LogP contribution in [0, 0.1) is 0 Å². The summed E-state index contributed by atoms with van der Waals surface area (Å²) < 4.78 is 11.0. The van der Waals surface area contributed by atoms with Crippen LogP contribution in [0.3, 0.4) is 0 Å². The summed E-state index contributed by atoms with van der Waals surface area (Å²) >= 11 is 0. The van der Waals surface area contributed by atoms with Crippen LogP contribution in [0.5, 0.6) is 5.75 Å². The average molecular weight is 340 g/mol. The third-order valence-corrected chi connectivity index (χ3v) is 3.98. The van der Waals surface area contributed by atoms with Crippen molar-refractivity contribution < 1.29 is 14.3 Å². The van der Waals surface area contributed by atoms with E-state index < -0.39 is 6.09 Å². The first-order chi connectivity index (χ1) is 12.1. The van der Waals surface area contributed by atoms with Gasteiger partial charge < -0.3 is 20.1 Å². The van der Waals surface area contributed by atoms with Crippen molar-refractivity contribution >= 4 is 11.8 Å².